The molecule has 1 aliphatic rings. The van der Waals surface area contributed by atoms with E-state index in [9.17, 15) is 24.5 Å². The summed E-state index contributed by atoms with van der Waals surface area (Å²) in [5.74, 6) is -1.13. The number of nitro benzene ring substituents is 1. The number of carbonyl (C=O) groups is 3. The number of non-ortho nitro benzene ring substituents is 1. The van der Waals surface area contributed by atoms with Crippen molar-refractivity contribution in [1.82, 2.24) is 4.90 Å². The average Bonchev–Trinajstić information content (AvgIpc) is 2.95. The van der Waals surface area contributed by atoms with Crippen LogP contribution < -0.4 is 10.1 Å². The molecule has 0 bridgehead atoms. The number of nitrogens with one attached hydrogen (secondary N) is 1. The van der Waals surface area contributed by atoms with Crippen molar-refractivity contribution in [1.29, 1.82) is 0 Å². The first-order valence-electron chi connectivity index (χ1n) is 9.01. The molecule has 2 aromatic rings. The summed E-state index contributed by atoms with van der Waals surface area (Å²) in [4.78, 5) is 49.2. The summed E-state index contributed by atoms with van der Waals surface area (Å²) < 4.78 is 5.13. The van der Waals surface area contributed by atoms with E-state index in [-0.39, 0.29) is 39.7 Å². The van der Waals surface area contributed by atoms with Crippen molar-refractivity contribution in [2.45, 2.75) is 19.8 Å². The predicted molar refractivity (Wildman–Crippen MR) is 104 cm³/mol. The van der Waals surface area contributed by atoms with E-state index in [1.54, 1.807) is 0 Å². The molecule has 0 unspecified atom stereocenters. The van der Waals surface area contributed by atoms with E-state index in [1.165, 1.54) is 48.4 Å². The monoisotopic (exact) mass is 397 g/mol. The van der Waals surface area contributed by atoms with Gasteiger partial charge >= 0.3 is 0 Å². The lowest BCUT2D eigenvalue weighted by atomic mass is 10.1. The minimum atomic E-state index is -0.584. The minimum Gasteiger partial charge on any atom is -0.495 e. The lowest BCUT2D eigenvalue weighted by Crippen LogP contribution is -2.30. The highest BCUT2D eigenvalue weighted by atomic mass is 16.6. The number of fused-ring (bicyclic) bond motifs is 1. The fraction of sp³-hybridized carbons (Fsp3) is 0.250. The predicted octanol–water partition coefficient (Wildman–Crippen LogP) is 3.25. The van der Waals surface area contributed by atoms with Crippen LogP contribution in [0, 0.1) is 10.1 Å². The van der Waals surface area contributed by atoms with Crippen molar-refractivity contribution in [2.75, 3.05) is 19.0 Å². The number of amides is 3. The molecule has 3 rings (SSSR count). The fourth-order valence-corrected chi connectivity index (χ4v) is 3.05. The van der Waals surface area contributed by atoms with Gasteiger partial charge in [-0.25, -0.2) is 0 Å². The molecule has 2 aromatic carbocycles. The van der Waals surface area contributed by atoms with Gasteiger partial charge in [0.2, 0.25) is 0 Å². The molecule has 0 fully saturated rings. The first-order chi connectivity index (χ1) is 13.9. The zero-order valence-corrected chi connectivity index (χ0v) is 15.9. The number of methoxy groups -OCH3 is 1. The third-order valence-corrected chi connectivity index (χ3v) is 4.61. The Bertz CT molecular complexity index is 1020. The highest BCUT2D eigenvalue weighted by Crippen LogP contribution is 2.30. The number of hydrogen-bond acceptors (Lipinski definition) is 6. The van der Waals surface area contributed by atoms with E-state index >= 15 is 0 Å². The van der Waals surface area contributed by atoms with Gasteiger partial charge in [-0.15, -0.1) is 0 Å². The maximum absolute atomic E-state index is 12.7. The maximum atomic E-state index is 12.7. The summed E-state index contributed by atoms with van der Waals surface area (Å²) in [5.41, 5.74) is 0.498. The van der Waals surface area contributed by atoms with Gasteiger partial charge < -0.3 is 10.1 Å². The highest BCUT2D eigenvalue weighted by Gasteiger charge is 2.35. The second-order valence-corrected chi connectivity index (χ2v) is 6.47. The highest BCUT2D eigenvalue weighted by molar-refractivity contribution is 6.22. The topological polar surface area (TPSA) is 119 Å². The molecule has 0 saturated heterocycles. The van der Waals surface area contributed by atoms with Crippen molar-refractivity contribution in [3.63, 3.8) is 0 Å². The molecule has 9 nitrogen and oxygen atoms in total. The Balaban J connectivity index is 1.87. The Morgan fingerprint density at radius 3 is 2.52 bits per heavy atom. The van der Waals surface area contributed by atoms with Crippen LogP contribution in [-0.2, 0) is 0 Å². The second kappa shape index (κ2) is 8.09. The summed E-state index contributed by atoms with van der Waals surface area (Å²) in [6.45, 7) is 2.29. The zero-order chi connectivity index (χ0) is 21.1. The van der Waals surface area contributed by atoms with E-state index in [4.69, 9.17) is 4.74 Å². The van der Waals surface area contributed by atoms with Crippen molar-refractivity contribution in [3.8, 4) is 5.75 Å². The molecule has 1 aliphatic heterocycles. The molecule has 1 heterocycles. The summed E-state index contributed by atoms with van der Waals surface area (Å²) in [6.07, 6.45) is 1.54. The number of imide groups is 1. The molecule has 0 spiro atoms. The molecule has 29 heavy (non-hydrogen) atoms. The number of ether oxygens (including phenoxy) is 1. The normalized spacial score (nSPS) is 12.7. The molecule has 0 aromatic heterocycles. The standard InChI is InChI=1S/C20H19N3O6/c1-3-4-9-22-19(25)14-7-5-12(10-15(14)20(22)26)18(24)21-16-11-13(23(27)28)6-8-17(16)29-2/h5-8,10-11H,3-4,9H2,1-2H3,(H,21,24). The van der Waals surface area contributed by atoms with Crippen LogP contribution in [0.3, 0.4) is 0 Å². The van der Waals surface area contributed by atoms with Gasteiger partial charge in [0.05, 0.1) is 28.8 Å². The maximum Gasteiger partial charge on any atom is 0.271 e. The van der Waals surface area contributed by atoms with Gasteiger partial charge in [0, 0.05) is 24.2 Å². The smallest absolute Gasteiger partial charge is 0.271 e. The number of rotatable bonds is 7. The number of nitro groups is 1. The van der Waals surface area contributed by atoms with Gasteiger partial charge in [-0.1, -0.05) is 13.3 Å². The largest absolute Gasteiger partial charge is 0.495 e. The van der Waals surface area contributed by atoms with E-state index in [2.05, 4.69) is 5.32 Å². The molecule has 150 valence electrons. The van der Waals surface area contributed by atoms with E-state index in [0.717, 1.165) is 6.42 Å². The Hall–Kier alpha value is -3.75. The molecule has 3 amide bonds. The van der Waals surface area contributed by atoms with Crippen molar-refractivity contribution in [3.05, 3.63) is 63.2 Å². The van der Waals surface area contributed by atoms with Gasteiger partial charge in [0.25, 0.3) is 23.4 Å². The molecule has 0 aliphatic carbocycles. The summed E-state index contributed by atoms with van der Waals surface area (Å²) in [7, 11) is 1.38. The van der Waals surface area contributed by atoms with Crippen LogP contribution >= 0.6 is 0 Å². The van der Waals surface area contributed by atoms with Crippen LogP contribution in [0.5, 0.6) is 5.75 Å². The summed E-state index contributed by atoms with van der Waals surface area (Å²) in [6, 6.07) is 8.07. The number of nitrogens with zero attached hydrogens (tertiary/aromatic N) is 2. The van der Waals surface area contributed by atoms with Crippen LogP contribution in [0.4, 0.5) is 11.4 Å². The third kappa shape index (κ3) is 3.79. The van der Waals surface area contributed by atoms with Gasteiger partial charge in [-0.3, -0.25) is 29.4 Å². The molecule has 9 heteroatoms. The third-order valence-electron chi connectivity index (χ3n) is 4.61. The van der Waals surface area contributed by atoms with Crippen molar-refractivity contribution in [2.24, 2.45) is 0 Å². The van der Waals surface area contributed by atoms with Crippen LogP contribution in [0.1, 0.15) is 50.8 Å². The quantitative estimate of drug-likeness (QED) is 0.435. The Morgan fingerprint density at radius 2 is 1.86 bits per heavy atom. The average molecular weight is 397 g/mol. The van der Waals surface area contributed by atoms with E-state index in [0.29, 0.717) is 13.0 Å². The Morgan fingerprint density at radius 1 is 1.14 bits per heavy atom. The summed E-state index contributed by atoms with van der Waals surface area (Å²) in [5, 5.41) is 13.5. The van der Waals surface area contributed by atoms with Crippen LogP contribution in [-0.4, -0.2) is 41.2 Å². The van der Waals surface area contributed by atoms with Crippen molar-refractivity contribution < 1.29 is 24.0 Å². The Labute approximate surface area is 166 Å². The molecule has 0 radical (unpaired) electrons. The number of benzene rings is 2. The number of hydrogen-bond donors (Lipinski definition) is 1. The summed E-state index contributed by atoms with van der Waals surface area (Å²) >= 11 is 0. The molecule has 0 saturated carbocycles. The van der Waals surface area contributed by atoms with Crippen LogP contribution in [0.15, 0.2) is 36.4 Å². The fourth-order valence-electron chi connectivity index (χ4n) is 3.05. The molecule has 0 atom stereocenters. The van der Waals surface area contributed by atoms with E-state index < -0.39 is 16.7 Å². The number of carbonyl (C=O) groups excluding carboxylic acids is 3. The van der Waals surface area contributed by atoms with Crippen molar-refractivity contribution >= 4 is 29.1 Å². The minimum absolute atomic E-state index is 0.124. The van der Waals surface area contributed by atoms with Gasteiger partial charge in [-0.05, 0) is 30.7 Å². The molecular weight excluding hydrogens is 378 g/mol. The Kier molecular flexibility index (Phi) is 5.58. The van der Waals surface area contributed by atoms with Gasteiger partial charge in [0.15, 0.2) is 0 Å². The van der Waals surface area contributed by atoms with Crippen LogP contribution in [0.2, 0.25) is 0 Å². The number of unbranched alkanes of at least 4 members (excludes halogenated alkanes) is 1. The molecular formula is C20H19N3O6. The van der Waals surface area contributed by atoms with Gasteiger partial charge in [0.1, 0.15) is 5.75 Å². The van der Waals surface area contributed by atoms with E-state index in [1.807, 2.05) is 6.92 Å². The van der Waals surface area contributed by atoms with Crippen LogP contribution in [0.25, 0.3) is 0 Å². The van der Waals surface area contributed by atoms with Gasteiger partial charge in [-0.2, -0.15) is 0 Å². The first-order valence-corrected chi connectivity index (χ1v) is 9.01. The first kappa shape index (κ1) is 20.0. The lowest BCUT2D eigenvalue weighted by molar-refractivity contribution is -0.384. The second-order valence-electron chi connectivity index (χ2n) is 6.47. The molecule has 1 N–H and O–H groups in total. The zero-order valence-electron chi connectivity index (χ0n) is 15.9. The SMILES string of the molecule is CCCCN1C(=O)c2ccc(C(=O)Nc3cc([N+](=O)[O-])ccc3OC)cc2C1=O. The lowest BCUT2D eigenvalue weighted by Gasteiger charge is -2.12. The number of anilines is 1.